The number of rotatable bonds is 3. The van der Waals surface area contributed by atoms with Gasteiger partial charge in [-0.1, -0.05) is 11.3 Å². The van der Waals surface area contributed by atoms with Crippen LogP contribution < -0.4 is 0 Å². The smallest absolute Gasteiger partial charge is 0.247 e. The van der Waals surface area contributed by atoms with E-state index >= 15 is 0 Å². The molecule has 2 aliphatic rings. The standard InChI is InChI=1S/C15H17N5O/c1-10-3-2-4-12(16-10)13-9-20(18-17-13)14-7-8-19(15(14)21)11-5-6-11/h2-4,9,11,14H,5-8H2,1H3. The summed E-state index contributed by atoms with van der Waals surface area (Å²) in [4.78, 5) is 18.9. The third-order valence-corrected chi connectivity index (χ3v) is 4.18. The number of aryl methyl sites for hydroxylation is 1. The molecule has 21 heavy (non-hydrogen) atoms. The predicted octanol–water partition coefficient (Wildman–Crippen LogP) is 1.58. The van der Waals surface area contributed by atoms with E-state index in [0.717, 1.165) is 42.9 Å². The molecule has 1 unspecified atom stereocenters. The van der Waals surface area contributed by atoms with Crippen LogP contribution in [0.2, 0.25) is 0 Å². The maximum atomic E-state index is 12.4. The van der Waals surface area contributed by atoms with Crippen molar-refractivity contribution in [2.45, 2.75) is 38.3 Å². The molecule has 6 nitrogen and oxygen atoms in total. The van der Waals surface area contributed by atoms with Crippen molar-refractivity contribution < 1.29 is 4.79 Å². The number of aromatic nitrogens is 4. The lowest BCUT2D eigenvalue weighted by atomic mass is 10.2. The molecule has 4 rings (SSSR count). The van der Waals surface area contributed by atoms with Crippen LogP contribution in [0.1, 0.15) is 31.0 Å². The van der Waals surface area contributed by atoms with Crippen LogP contribution in [0.4, 0.5) is 0 Å². The second kappa shape index (κ2) is 4.65. The Morgan fingerprint density at radius 1 is 1.19 bits per heavy atom. The van der Waals surface area contributed by atoms with Crippen molar-refractivity contribution in [2.75, 3.05) is 6.54 Å². The first-order valence-corrected chi connectivity index (χ1v) is 7.39. The highest BCUT2D eigenvalue weighted by molar-refractivity contribution is 5.83. The monoisotopic (exact) mass is 283 g/mol. The summed E-state index contributed by atoms with van der Waals surface area (Å²) in [7, 11) is 0. The Hall–Kier alpha value is -2.24. The van der Waals surface area contributed by atoms with E-state index in [2.05, 4.69) is 15.3 Å². The van der Waals surface area contributed by atoms with Crippen LogP contribution in [-0.2, 0) is 4.79 Å². The van der Waals surface area contributed by atoms with Crippen molar-refractivity contribution in [3.8, 4) is 11.4 Å². The highest BCUT2D eigenvalue weighted by atomic mass is 16.2. The summed E-state index contributed by atoms with van der Waals surface area (Å²) >= 11 is 0. The van der Waals surface area contributed by atoms with Crippen molar-refractivity contribution in [3.63, 3.8) is 0 Å². The van der Waals surface area contributed by atoms with Gasteiger partial charge in [0.2, 0.25) is 5.91 Å². The molecule has 2 aromatic heterocycles. The highest BCUT2D eigenvalue weighted by Gasteiger charge is 2.41. The fourth-order valence-corrected chi connectivity index (χ4v) is 2.91. The number of carbonyl (C=O) groups excluding carboxylic acids is 1. The van der Waals surface area contributed by atoms with Crippen molar-refractivity contribution in [1.82, 2.24) is 24.9 Å². The number of hydrogen-bond donors (Lipinski definition) is 0. The molecule has 1 saturated carbocycles. The molecule has 2 aromatic rings. The van der Waals surface area contributed by atoms with Gasteiger partial charge in [-0.25, -0.2) is 4.68 Å². The molecule has 0 radical (unpaired) electrons. The summed E-state index contributed by atoms with van der Waals surface area (Å²) in [6.45, 7) is 2.79. The van der Waals surface area contributed by atoms with Gasteiger partial charge in [0.1, 0.15) is 11.7 Å². The number of amides is 1. The Kier molecular flexibility index (Phi) is 2.77. The van der Waals surface area contributed by atoms with E-state index in [9.17, 15) is 4.79 Å². The summed E-state index contributed by atoms with van der Waals surface area (Å²) in [5.41, 5.74) is 2.46. The van der Waals surface area contributed by atoms with E-state index in [4.69, 9.17) is 0 Å². The lowest BCUT2D eigenvalue weighted by Crippen LogP contribution is -2.30. The normalized spacial score (nSPS) is 22.0. The van der Waals surface area contributed by atoms with E-state index in [1.54, 1.807) is 4.68 Å². The Labute approximate surface area is 122 Å². The van der Waals surface area contributed by atoms with Gasteiger partial charge in [-0.3, -0.25) is 9.78 Å². The zero-order valence-electron chi connectivity index (χ0n) is 11.9. The Morgan fingerprint density at radius 3 is 2.81 bits per heavy atom. The zero-order chi connectivity index (χ0) is 14.4. The quantitative estimate of drug-likeness (QED) is 0.858. The summed E-state index contributed by atoms with van der Waals surface area (Å²) in [5.74, 6) is 0.186. The molecule has 3 heterocycles. The molecule has 2 fully saturated rings. The van der Waals surface area contributed by atoms with Crippen molar-refractivity contribution in [2.24, 2.45) is 0 Å². The van der Waals surface area contributed by atoms with Gasteiger partial charge in [0.15, 0.2) is 0 Å². The Morgan fingerprint density at radius 2 is 2.05 bits per heavy atom. The molecular weight excluding hydrogens is 266 g/mol. The minimum absolute atomic E-state index is 0.186. The number of likely N-dealkylation sites (tertiary alicyclic amines) is 1. The molecular formula is C15H17N5O. The third kappa shape index (κ3) is 2.20. The highest BCUT2D eigenvalue weighted by Crippen LogP contribution is 2.34. The molecule has 1 aliphatic carbocycles. The van der Waals surface area contributed by atoms with Crippen molar-refractivity contribution in [3.05, 3.63) is 30.1 Å². The van der Waals surface area contributed by atoms with Crippen LogP contribution in [0.25, 0.3) is 11.4 Å². The largest absolute Gasteiger partial charge is 0.338 e. The van der Waals surface area contributed by atoms with Crippen LogP contribution in [0.3, 0.4) is 0 Å². The van der Waals surface area contributed by atoms with Gasteiger partial charge in [-0.05, 0) is 38.3 Å². The number of hydrogen-bond acceptors (Lipinski definition) is 4. The van der Waals surface area contributed by atoms with Crippen LogP contribution in [0.15, 0.2) is 24.4 Å². The van der Waals surface area contributed by atoms with E-state index in [1.165, 1.54) is 0 Å². The molecule has 0 spiro atoms. The van der Waals surface area contributed by atoms with E-state index in [-0.39, 0.29) is 11.9 Å². The molecule has 1 saturated heterocycles. The molecule has 108 valence electrons. The maximum Gasteiger partial charge on any atom is 0.247 e. The minimum atomic E-state index is -0.198. The van der Waals surface area contributed by atoms with Gasteiger partial charge in [-0.15, -0.1) is 5.10 Å². The molecule has 0 N–H and O–H groups in total. The summed E-state index contributed by atoms with van der Waals surface area (Å²) < 4.78 is 1.70. The second-order valence-corrected chi connectivity index (χ2v) is 5.82. The van der Waals surface area contributed by atoms with E-state index < -0.39 is 0 Å². The lowest BCUT2D eigenvalue weighted by molar-refractivity contribution is -0.131. The van der Waals surface area contributed by atoms with Crippen LogP contribution in [0, 0.1) is 6.92 Å². The molecule has 1 atom stereocenters. The van der Waals surface area contributed by atoms with E-state index in [1.807, 2.05) is 36.2 Å². The molecule has 0 aromatic carbocycles. The average Bonchev–Trinajstić information content (AvgIpc) is 3.07. The summed E-state index contributed by atoms with van der Waals surface area (Å²) in [6, 6.07) is 6.09. The van der Waals surface area contributed by atoms with Gasteiger partial charge >= 0.3 is 0 Å². The number of pyridine rings is 1. The molecule has 1 aliphatic heterocycles. The topological polar surface area (TPSA) is 63.9 Å². The van der Waals surface area contributed by atoms with E-state index in [0.29, 0.717) is 6.04 Å². The first-order valence-electron chi connectivity index (χ1n) is 7.39. The summed E-state index contributed by atoms with van der Waals surface area (Å²) in [6.07, 6.45) is 4.95. The van der Waals surface area contributed by atoms with Gasteiger partial charge in [-0.2, -0.15) is 0 Å². The second-order valence-electron chi connectivity index (χ2n) is 5.82. The Balaban J connectivity index is 1.58. The Bertz CT molecular complexity index is 691. The van der Waals surface area contributed by atoms with Crippen LogP contribution in [0.5, 0.6) is 0 Å². The fraction of sp³-hybridized carbons (Fsp3) is 0.467. The number of nitrogens with zero attached hydrogens (tertiary/aromatic N) is 5. The maximum absolute atomic E-state index is 12.4. The fourth-order valence-electron chi connectivity index (χ4n) is 2.91. The van der Waals surface area contributed by atoms with Gasteiger partial charge in [0, 0.05) is 18.3 Å². The predicted molar refractivity (Wildman–Crippen MR) is 76.4 cm³/mol. The van der Waals surface area contributed by atoms with Crippen molar-refractivity contribution >= 4 is 5.91 Å². The zero-order valence-corrected chi connectivity index (χ0v) is 11.9. The minimum Gasteiger partial charge on any atom is -0.338 e. The summed E-state index contributed by atoms with van der Waals surface area (Å²) in [5, 5.41) is 8.32. The van der Waals surface area contributed by atoms with Gasteiger partial charge in [0.25, 0.3) is 0 Å². The SMILES string of the molecule is Cc1cccc(-c2cn(C3CCN(C4CC4)C3=O)nn2)n1. The van der Waals surface area contributed by atoms with Crippen molar-refractivity contribution in [1.29, 1.82) is 0 Å². The lowest BCUT2D eigenvalue weighted by Gasteiger charge is -2.15. The van der Waals surface area contributed by atoms with Crippen LogP contribution in [-0.4, -0.2) is 43.4 Å². The first-order chi connectivity index (χ1) is 10.2. The molecule has 6 heteroatoms. The first kappa shape index (κ1) is 12.5. The average molecular weight is 283 g/mol. The number of carbonyl (C=O) groups is 1. The van der Waals surface area contributed by atoms with Gasteiger partial charge < -0.3 is 4.90 Å². The van der Waals surface area contributed by atoms with Gasteiger partial charge in [0.05, 0.1) is 11.9 Å². The molecule has 0 bridgehead atoms. The van der Waals surface area contributed by atoms with Crippen LogP contribution >= 0.6 is 0 Å². The molecule has 1 amide bonds. The third-order valence-electron chi connectivity index (χ3n) is 4.18.